The summed E-state index contributed by atoms with van der Waals surface area (Å²) in [5.41, 5.74) is 0.699. The Morgan fingerprint density at radius 1 is 1.29 bits per heavy atom. The lowest BCUT2D eigenvalue weighted by molar-refractivity contribution is -0.142. The molecule has 1 aromatic rings. The zero-order valence-corrected chi connectivity index (χ0v) is 12.8. The predicted octanol–water partition coefficient (Wildman–Crippen LogP) is 2.20. The standard InChI is InChI=1S/C15H22N2O4/c1-10(2)13(14(18)19)9-16-15(20)17(3)11-5-7-12(21-4)8-6-11/h5-8,10,13H,9H2,1-4H3,(H,16,20)(H,18,19). The quantitative estimate of drug-likeness (QED) is 0.843. The number of aliphatic carboxylic acids is 1. The number of methoxy groups -OCH3 is 1. The van der Waals surface area contributed by atoms with Crippen molar-refractivity contribution in [3.8, 4) is 5.75 Å². The SMILES string of the molecule is COc1ccc(N(C)C(=O)NCC(C(=O)O)C(C)C)cc1. The molecule has 2 N–H and O–H groups in total. The highest BCUT2D eigenvalue weighted by molar-refractivity contribution is 5.91. The van der Waals surface area contributed by atoms with E-state index in [0.29, 0.717) is 11.4 Å². The van der Waals surface area contributed by atoms with Crippen LogP contribution in [0, 0.1) is 11.8 Å². The number of carboxylic acid groups (broad SMARTS) is 1. The van der Waals surface area contributed by atoms with E-state index in [-0.39, 0.29) is 18.5 Å². The smallest absolute Gasteiger partial charge is 0.321 e. The molecule has 0 saturated carbocycles. The Bertz CT molecular complexity index is 485. The number of hydrogen-bond acceptors (Lipinski definition) is 3. The number of nitrogens with zero attached hydrogens (tertiary/aromatic N) is 1. The topological polar surface area (TPSA) is 78.9 Å². The molecule has 1 rings (SSSR count). The molecule has 0 fully saturated rings. The lowest BCUT2D eigenvalue weighted by Crippen LogP contribution is -2.42. The molecule has 6 heteroatoms. The molecule has 21 heavy (non-hydrogen) atoms. The molecule has 6 nitrogen and oxygen atoms in total. The zero-order valence-electron chi connectivity index (χ0n) is 12.8. The highest BCUT2D eigenvalue weighted by Gasteiger charge is 2.22. The normalized spacial score (nSPS) is 11.9. The second-order valence-corrected chi connectivity index (χ2v) is 5.13. The van der Waals surface area contributed by atoms with Crippen LogP contribution in [0.5, 0.6) is 5.75 Å². The number of rotatable bonds is 6. The van der Waals surface area contributed by atoms with Crippen LogP contribution in [0.1, 0.15) is 13.8 Å². The summed E-state index contributed by atoms with van der Waals surface area (Å²) in [4.78, 5) is 24.6. The Kier molecular flexibility index (Phi) is 6.02. The van der Waals surface area contributed by atoms with Crippen molar-refractivity contribution in [3.63, 3.8) is 0 Å². The van der Waals surface area contributed by atoms with Crippen LogP contribution >= 0.6 is 0 Å². The van der Waals surface area contributed by atoms with Gasteiger partial charge in [0.1, 0.15) is 5.75 Å². The molecule has 0 spiro atoms. The molecule has 1 atom stereocenters. The monoisotopic (exact) mass is 294 g/mol. The van der Waals surface area contributed by atoms with Crippen molar-refractivity contribution in [2.24, 2.45) is 11.8 Å². The highest BCUT2D eigenvalue weighted by Crippen LogP contribution is 2.18. The van der Waals surface area contributed by atoms with Gasteiger partial charge < -0.3 is 15.2 Å². The molecule has 0 saturated heterocycles. The largest absolute Gasteiger partial charge is 0.497 e. The Hall–Kier alpha value is -2.24. The maximum Gasteiger partial charge on any atom is 0.321 e. The fourth-order valence-electron chi connectivity index (χ4n) is 1.85. The molecule has 0 aliphatic carbocycles. The first-order chi connectivity index (χ1) is 9.86. The van der Waals surface area contributed by atoms with E-state index in [0.717, 1.165) is 0 Å². The maximum atomic E-state index is 12.0. The molecule has 0 bridgehead atoms. The minimum atomic E-state index is -0.905. The summed E-state index contributed by atoms with van der Waals surface area (Å²) >= 11 is 0. The van der Waals surface area contributed by atoms with Gasteiger partial charge in [0.15, 0.2) is 0 Å². The summed E-state index contributed by atoms with van der Waals surface area (Å²) in [7, 11) is 3.20. The molecule has 0 aromatic heterocycles. The van der Waals surface area contributed by atoms with Gasteiger partial charge in [-0.05, 0) is 30.2 Å². The first kappa shape index (κ1) is 16.8. The van der Waals surface area contributed by atoms with Gasteiger partial charge in [-0.15, -0.1) is 0 Å². The molecular weight excluding hydrogens is 272 g/mol. The van der Waals surface area contributed by atoms with E-state index in [1.807, 2.05) is 13.8 Å². The van der Waals surface area contributed by atoms with Gasteiger partial charge in [0.2, 0.25) is 0 Å². The minimum absolute atomic E-state index is 0.0471. The summed E-state index contributed by atoms with van der Waals surface area (Å²) in [6.45, 7) is 3.74. The van der Waals surface area contributed by atoms with Gasteiger partial charge in [0.05, 0.1) is 13.0 Å². The van der Waals surface area contributed by atoms with E-state index in [2.05, 4.69) is 5.32 Å². The average Bonchev–Trinajstić information content (AvgIpc) is 2.45. The van der Waals surface area contributed by atoms with Gasteiger partial charge in [-0.3, -0.25) is 9.69 Å². The highest BCUT2D eigenvalue weighted by atomic mass is 16.5. The van der Waals surface area contributed by atoms with Gasteiger partial charge >= 0.3 is 12.0 Å². The van der Waals surface area contributed by atoms with E-state index in [1.165, 1.54) is 4.90 Å². The number of urea groups is 1. The van der Waals surface area contributed by atoms with Crippen LogP contribution in [-0.4, -0.2) is 37.8 Å². The van der Waals surface area contributed by atoms with E-state index in [9.17, 15) is 9.59 Å². The second-order valence-electron chi connectivity index (χ2n) is 5.13. The number of carbonyl (C=O) groups is 2. The van der Waals surface area contributed by atoms with Crippen molar-refractivity contribution in [2.75, 3.05) is 25.6 Å². The summed E-state index contributed by atoms with van der Waals surface area (Å²) in [5, 5.41) is 11.7. The lowest BCUT2D eigenvalue weighted by atomic mass is 9.96. The summed E-state index contributed by atoms with van der Waals surface area (Å²) in [5.74, 6) is -0.844. The van der Waals surface area contributed by atoms with Crippen LogP contribution in [0.15, 0.2) is 24.3 Å². The Morgan fingerprint density at radius 3 is 2.29 bits per heavy atom. The van der Waals surface area contributed by atoms with Gasteiger partial charge in [-0.25, -0.2) is 4.79 Å². The fourth-order valence-corrected chi connectivity index (χ4v) is 1.85. The molecule has 116 valence electrons. The lowest BCUT2D eigenvalue weighted by Gasteiger charge is -2.21. The van der Waals surface area contributed by atoms with E-state index < -0.39 is 11.9 Å². The third-order valence-corrected chi connectivity index (χ3v) is 3.36. The second kappa shape index (κ2) is 7.52. The Labute approximate surface area is 124 Å². The number of ether oxygens (including phenoxy) is 1. The third-order valence-electron chi connectivity index (χ3n) is 3.36. The molecule has 0 aliphatic heterocycles. The molecule has 2 amide bonds. The first-order valence-corrected chi connectivity index (χ1v) is 6.75. The van der Waals surface area contributed by atoms with Crippen LogP contribution in [-0.2, 0) is 4.79 Å². The number of carboxylic acids is 1. The fraction of sp³-hybridized carbons (Fsp3) is 0.467. The third kappa shape index (κ3) is 4.66. The summed E-state index contributed by atoms with van der Waals surface area (Å²) in [6, 6.07) is 6.69. The Balaban J connectivity index is 2.63. The zero-order chi connectivity index (χ0) is 16.0. The molecule has 1 aromatic carbocycles. The van der Waals surface area contributed by atoms with Crippen LogP contribution in [0.25, 0.3) is 0 Å². The van der Waals surface area contributed by atoms with Crippen molar-refractivity contribution in [1.29, 1.82) is 0 Å². The molecular formula is C15H22N2O4. The van der Waals surface area contributed by atoms with Crippen LogP contribution in [0.3, 0.4) is 0 Å². The van der Waals surface area contributed by atoms with E-state index in [1.54, 1.807) is 38.4 Å². The molecule has 0 aliphatic rings. The number of amides is 2. The molecule has 1 unspecified atom stereocenters. The van der Waals surface area contributed by atoms with Crippen molar-refractivity contribution in [3.05, 3.63) is 24.3 Å². The van der Waals surface area contributed by atoms with Crippen molar-refractivity contribution < 1.29 is 19.4 Å². The van der Waals surface area contributed by atoms with Crippen LogP contribution < -0.4 is 15.0 Å². The summed E-state index contributed by atoms with van der Waals surface area (Å²) < 4.78 is 5.06. The van der Waals surface area contributed by atoms with Gasteiger partial charge in [-0.1, -0.05) is 13.8 Å². The van der Waals surface area contributed by atoms with Gasteiger partial charge in [-0.2, -0.15) is 0 Å². The van der Waals surface area contributed by atoms with Crippen molar-refractivity contribution in [1.82, 2.24) is 5.32 Å². The van der Waals surface area contributed by atoms with Gasteiger partial charge in [0.25, 0.3) is 0 Å². The van der Waals surface area contributed by atoms with Gasteiger partial charge in [0, 0.05) is 19.3 Å². The van der Waals surface area contributed by atoms with Crippen molar-refractivity contribution in [2.45, 2.75) is 13.8 Å². The summed E-state index contributed by atoms with van der Waals surface area (Å²) in [6.07, 6.45) is 0. The number of carbonyl (C=O) groups excluding carboxylic acids is 1. The predicted molar refractivity (Wildman–Crippen MR) is 80.8 cm³/mol. The minimum Gasteiger partial charge on any atom is -0.497 e. The van der Waals surface area contributed by atoms with Crippen molar-refractivity contribution >= 4 is 17.7 Å². The number of anilines is 1. The van der Waals surface area contributed by atoms with E-state index >= 15 is 0 Å². The first-order valence-electron chi connectivity index (χ1n) is 6.75. The number of benzene rings is 1. The number of hydrogen-bond donors (Lipinski definition) is 2. The maximum absolute atomic E-state index is 12.0. The Morgan fingerprint density at radius 2 is 1.86 bits per heavy atom. The number of nitrogens with one attached hydrogen (secondary N) is 1. The average molecular weight is 294 g/mol. The van der Waals surface area contributed by atoms with Crippen LogP contribution in [0.4, 0.5) is 10.5 Å². The van der Waals surface area contributed by atoms with Crippen LogP contribution in [0.2, 0.25) is 0 Å². The molecule has 0 radical (unpaired) electrons. The molecule has 0 heterocycles. The van der Waals surface area contributed by atoms with E-state index in [4.69, 9.17) is 9.84 Å².